The quantitative estimate of drug-likeness (QED) is 0.291. The van der Waals surface area contributed by atoms with Crippen LogP contribution in [0.3, 0.4) is 0 Å². The highest BCUT2D eigenvalue weighted by Gasteiger charge is 2.57. The molecule has 12 heteroatoms. The molecule has 3 aromatic carbocycles. The first kappa shape index (κ1) is 26.9. The van der Waals surface area contributed by atoms with E-state index < -0.39 is 28.9 Å². The van der Waals surface area contributed by atoms with Gasteiger partial charge in [0.15, 0.2) is 23.1 Å². The Kier molecular flexibility index (Phi) is 6.50. The largest absolute Gasteiger partial charge is 0.485 e. The lowest BCUT2D eigenvalue weighted by Crippen LogP contribution is -2.41. The summed E-state index contributed by atoms with van der Waals surface area (Å²) in [6.45, 7) is 1.54. The van der Waals surface area contributed by atoms with E-state index in [-0.39, 0.29) is 48.4 Å². The summed E-state index contributed by atoms with van der Waals surface area (Å²) in [7, 11) is 0. The molecular formula is C31H25F2N3O7. The summed E-state index contributed by atoms with van der Waals surface area (Å²) in [5, 5.41) is 0.470. The third-order valence-corrected chi connectivity index (χ3v) is 7.66. The SMILES string of the molecule is NC(=O)C1(C(=O)N(c2ccc(F)cc2)c2ccc(Oc3ccnc4cc(OC5COC5)c5c(c34)OCCO5)c(F)c2)CC1. The van der Waals surface area contributed by atoms with Gasteiger partial charge >= 0.3 is 0 Å². The van der Waals surface area contributed by atoms with E-state index in [1.807, 2.05) is 0 Å². The number of nitrogens with zero attached hydrogens (tertiary/aromatic N) is 2. The lowest BCUT2D eigenvalue weighted by atomic mass is 10.0. The fourth-order valence-corrected chi connectivity index (χ4v) is 5.12. The Labute approximate surface area is 243 Å². The molecule has 2 fully saturated rings. The molecule has 1 aromatic heterocycles. The Hall–Kier alpha value is -4.97. The summed E-state index contributed by atoms with van der Waals surface area (Å²) in [4.78, 5) is 31.3. The normalized spacial score (nSPS) is 16.7. The van der Waals surface area contributed by atoms with Crippen molar-refractivity contribution in [2.45, 2.75) is 18.9 Å². The second-order valence-electron chi connectivity index (χ2n) is 10.5. The molecule has 1 saturated heterocycles. The first-order valence-electron chi connectivity index (χ1n) is 13.7. The van der Waals surface area contributed by atoms with Crippen molar-refractivity contribution in [1.82, 2.24) is 4.98 Å². The summed E-state index contributed by atoms with van der Waals surface area (Å²) in [5.41, 5.74) is 5.01. The molecule has 2 aliphatic heterocycles. The third-order valence-electron chi connectivity index (χ3n) is 7.66. The van der Waals surface area contributed by atoms with Crippen LogP contribution in [0.15, 0.2) is 60.8 Å². The zero-order valence-electron chi connectivity index (χ0n) is 22.7. The predicted molar refractivity (Wildman–Crippen MR) is 149 cm³/mol. The van der Waals surface area contributed by atoms with Crippen LogP contribution in [-0.2, 0) is 14.3 Å². The van der Waals surface area contributed by atoms with Crippen molar-refractivity contribution in [1.29, 1.82) is 0 Å². The van der Waals surface area contributed by atoms with Gasteiger partial charge in [-0.15, -0.1) is 0 Å². The fourth-order valence-electron chi connectivity index (χ4n) is 5.12. The van der Waals surface area contributed by atoms with Crippen LogP contribution in [0.2, 0.25) is 0 Å². The second-order valence-corrected chi connectivity index (χ2v) is 10.5. The van der Waals surface area contributed by atoms with Gasteiger partial charge in [-0.1, -0.05) is 0 Å². The van der Waals surface area contributed by atoms with E-state index in [1.54, 1.807) is 12.1 Å². The number of pyridine rings is 1. The number of nitrogens with two attached hydrogens (primary N) is 1. The van der Waals surface area contributed by atoms with Crippen LogP contribution in [0.4, 0.5) is 20.2 Å². The molecule has 3 aliphatic rings. The van der Waals surface area contributed by atoms with Crippen molar-refractivity contribution in [3.05, 3.63) is 72.4 Å². The van der Waals surface area contributed by atoms with Crippen molar-refractivity contribution in [2.75, 3.05) is 31.3 Å². The molecule has 1 saturated carbocycles. The number of ether oxygens (including phenoxy) is 5. The zero-order valence-corrected chi connectivity index (χ0v) is 22.7. The number of amides is 2. The predicted octanol–water partition coefficient (Wildman–Crippen LogP) is 4.78. The Morgan fingerprint density at radius 2 is 1.63 bits per heavy atom. The van der Waals surface area contributed by atoms with Gasteiger partial charge in [-0.3, -0.25) is 19.5 Å². The number of halogens is 2. The lowest BCUT2D eigenvalue weighted by Gasteiger charge is -2.29. The molecule has 2 N–H and O–H groups in total. The third kappa shape index (κ3) is 4.73. The minimum absolute atomic E-state index is 0.113. The van der Waals surface area contributed by atoms with Gasteiger partial charge in [0, 0.05) is 24.0 Å². The number of primary amides is 1. The highest BCUT2D eigenvalue weighted by atomic mass is 19.1. The first-order valence-corrected chi connectivity index (χ1v) is 13.7. The highest BCUT2D eigenvalue weighted by Crippen LogP contribution is 2.50. The number of hydrogen-bond acceptors (Lipinski definition) is 8. The van der Waals surface area contributed by atoms with Gasteiger partial charge in [-0.25, -0.2) is 8.78 Å². The molecule has 2 amide bonds. The van der Waals surface area contributed by atoms with Crippen LogP contribution < -0.4 is 29.6 Å². The summed E-state index contributed by atoms with van der Waals surface area (Å²) in [6.07, 6.45) is 1.95. The van der Waals surface area contributed by atoms with Crippen molar-refractivity contribution < 1.29 is 42.1 Å². The lowest BCUT2D eigenvalue weighted by molar-refractivity contribution is -0.133. The van der Waals surface area contributed by atoms with Gasteiger partial charge in [-0.05, 0) is 55.3 Å². The van der Waals surface area contributed by atoms with Crippen molar-refractivity contribution >= 4 is 34.1 Å². The molecule has 4 aromatic rings. The van der Waals surface area contributed by atoms with Crippen molar-refractivity contribution in [3.8, 4) is 28.7 Å². The molecular weight excluding hydrogens is 564 g/mol. The molecule has 1 aliphatic carbocycles. The summed E-state index contributed by atoms with van der Waals surface area (Å²) in [5.74, 6) is -1.34. The molecule has 0 radical (unpaired) electrons. The Morgan fingerprint density at radius 1 is 0.907 bits per heavy atom. The minimum atomic E-state index is -1.40. The van der Waals surface area contributed by atoms with E-state index in [9.17, 15) is 14.0 Å². The van der Waals surface area contributed by atoms with E-state index in [0.717, 1.165) is 6.07 Å². The summed E-state index contributed by atoms with van der Waals surface area (Å²) >= 11 is 0. The van der Waals surface area contributed by atoms with E-state index >= 15 is 4.39 Å². The van der Waals surface area contributed by atoms with Gasteiger partial charge in [-0.2, -0.15) is 0 Å². The maximum atomic E-state index is 15.7. The van der Waals surface area contributed by atoms with Crippen LogP contribution in [0.5, 0.6) is 28.7 Å². The van der Waals surface area contributed by atoms with Gasteiger partial charge < -0.3 is 29.4 Å². The van der Waals surface area contributed by atoms with Crippen LogP contribution in [0.1, 0.15) is 12.8 Å². The molecule has 43 heavy (non-hydrogen) atoms. The van der Waals surface area contributed by atoms with Crippen molar-refractivity contribution in [3.63, 3.8) is 0 Å². The van der Waals surface area contributed by atoms with E-state index in [0.29, 0.717) is 48.0 Å². The average Bonchev–Trinajstić information content (AvgIpc) is 3.80. The van der Waals surface area contributed by atoms with E-state index in [4.69, 9.17) is 29.4 Å². The number of fused-ring (bicyclic) bond motifs is 3. The minimum Gasteiger partial charge on any atom is -0.485 e. The number of benzene rings is 3. The van der Waals surface area contributed by atoms with Gasteiger partial charge in [0.1, 0.15) is 36.3 Å². The summed E-state index contributed by atoms with van der Waals surface area (Å²) < 4.78 is 58.5. The smallest absolute Gasteiger partial charge is 0.247 e. The van der Waals surface area contributed by atoms with E-state index in [2.05, 4.69) is 4.98 Å². The van der Waals surface area contributed by atoms with Crippen LogP contribution in [0.25, 0.3) is 10.9 Å². The number of carbonyl (C=O) groups excluding carboxylic acids is 2. The topological polar surface area (TPSA) is 122 Å². The number of rotatable bonds is 8. The van der Waals surface area contributed by atoms with Gasteiger partial charge in [0.25, 0.3) is 0 Å². The van der Waals surface area contributed by atoms with Crippen LogP contribution in [0, 0.1) is 17.0 Å². The molecule has 7 rings (SSSR count). The Balaban J connectivity index is 1.25. The molecule has 0 spiro atoms. The molecule has 10 nitrogen and oxygen atoms in total. The maximum absolute atomic E-state index is 15.7. The van der Waals surface area contributed by atoms with Gasteiger partial charge in [0.05, 0.1) is 29.8 Å². The van der Waals surface area contributed by atoms with Crippen LogP contribution >= 0.6 is 0 Å². The molecule has 0 bridgehead atoms. The molecule has 0 atom stereocenters. The standard InChI is InChI=1S/C31H25F2N3O7/c32-17-1-3-18(4-2-17)36(30(38)31(8-9-31)29(34)37)19-5-6-23(21(33)13-19)43-24-7-10-35-22-14-25(42-20-15-39-16-20)27-28(26(22)24)41-12-11-40-27/h1-7,10,13-14,20H,8-9,11-12,15-16H2,(H2,34,37). The monoisotopic (exact) mass is 589 g/mol. The van der Waals surface area contributed by atoms with E-state index in [1.165, 1.54) is 47.5 Å². The Morgan fingerprint density at radius 3 is 2.28 bits per heavy atom. The molecule has 0 unspecified atom stereocenters. The molecule has 220 valence electrons. The average molecular weight is 590 g/mol. The first-order chi connectivity index (χ1) is 20.8. The van der Waals surface area contributed by atoms with Gasteiger partial charge in [0.2, 0.25) is 17.6 Å². The number of carbonyl (C=O) groups is 2. The second kappa shape index (κ2) is 10.4. The maximum Gasteiger partial charge on any atom is 0.247 e. The highest BCUT2D eigenvalue weighted by molar-refractivity contribution is 6.16. The van der Waals surface area contributed by atoms with Crippen molar-refractivity contribution in [2.24, 2.45) is 11.1 Å². The number of aromatic nitrogens is 1. The molecule has 3 heterocycles. The Bertz CT molecular complexity index is 1760. The zero-order chi connectivity index (χ0) is 29.7. The van der Waals surface area contributed by atoms with Crippen LogP contribution in [-0.4, -0.2) is 49.3 Å². The number of anilines is 2. The summed E-state index contributed by atoms with van der Waals surface area (Å²) in [6, 6.07) is 12.3. The number of hydrogen-bond donors (Lipinski definition) is 1. The fraction of sp³-hybridized carbons (Fsp3) is 0.258.